The second-order valence-electron chi connectivity index (χ2n) is 27.7. The molecule has 0 radical (unpaired) electrons. The molecule has 10 aromatic heterocycles. The fraction of sp³-hybridized carbons (Fsp3) is 0.471. The Morgan fingerprint density at radius 3 is 1.11 bits per heavy atom. The summed E-state index contributed by atoms with van der Waals surface area (Å²) in [5, 5.41) is 24.0. The van der Waals surface area contributed by atoms with E-state index in [0.717, 1.165) is 42.2 Å². The molecule has 31 nitrogen and oxygen atoms in total. The third kappa shape index (κ3) is 29.7. The third-order valence-corrected chi connectivity index (χ3v) is 19.5. The number of methoxy groups -OCH3 is 1. The number of rotatable bonds is 18. The maximum absolute atomic E-state index is 14.4. The van der Waals surface area contributed by atoms with E-state index in [1.807, 2.05) is 27.7 Å². The van der Waals surface area contributed by atoms with Crippen LogP contribution in [0.5, 0.6) is 17.6 Å². The van der Waals surface area contributed by atoms with Gasteiger partial charge in [-0.15, -0.1) is 40.8 Å². The summed E-state index contributed by atoms with van der Waals surface area (Å²) >= 11 is 31.1. The molecular weight excluding hydrogens is 2110 g/mol. The van der Waals surface area contributed by atoms with E-state index in [-0.39, 0.29) is 103 Å². The minimum absolute atomic E-state index is 0. The minimum atomic E-state index is -5.08. The molecule has 0 unspecified atom stereocenters. The van der Waals surface area contributed by atoms with E-state index >= 15 is 0 Å². The Balaban J connectivity index is 0.000000286. The number of nitrogens with zero attached hydrogens (tertiary/aromatic N) is 17. The molecule has 0 spiro atoms. The van der Waals surface area contributed by atoms with Gasteiger partial charge in [-0.05, 0) is 199 Å². The summed E-state index contributed by atoms with van der Waals surface area (Å²) in [7, 11) is -4.00. The molecule has 11 heterocycles. The Kier molecular flexibility index (Phi) is 38.2. The number of fused-ring (bicyclic) bond motifs is 3. The molecule has 14 rings (SSSR count). The van der Waals surface area contributed by atoms with Crippen molar-refractivity contribution in [2.24, 2.45) is 5.84 Å². The van der Waals surface area contributed by atoms with Gasteiger partial charge in [-0.3, -0.25) is 9.59 Å². The van der Waals surface area contributed by atoms with Gasteiger partial charge in [0.25, 0.3) is 23.5 Å². The molecule has 0 amide bonds. The summed E-state index contributed by atoms with van der Waals surface area (Å²) in [4.78, 5) is 31.9. The monoisotopic (exact) mass is 2170 g/mol. The Hall–Kier alpha value is -9.09. The van der Waals surface area contributed by atoms with Gasteiger partial charge >= 0.3 is 95.0 Å². The average Bonchev–Trinajstić information content (AvgIpc) is 1.30. The van der Waals surface area contributed by atoms with Gasteiger partial charge in [0.1, 0.15) is 18.0 Å². The van der Waals surface area contributed by atoms with Gasteiger partial charge in [-0.25, -0.2) is 34.0 Å². The van der Waals surface area contributed by atoms with Crippen molar-refractivity contribution in [2.75, 3.05) is 12.5 Å². The predicted octanol–water partition coefficient (Wildman–Crippen LogP) is 18.7. The normalized spacial score (nSPS) is 15.9. The van der Waals surface area contributed by atoms with E-state index in [1.54, 1.807) is 33.2 Å². The van der Waals surface area contributed by atoms with Crippen LogP contribution >= 0.6 is 69.6 Å². The first-order valence-corrected chi connectivity index (χ1v) is 39.3. The summed E-state index contributed by atoms with van der Waals surface area (Å²) < 4.78 is 383. The van der Waals surface area contributed by atoms with Crippen LogP contribution in [-0.4, -0.2) is 174 Å². The van der Waals surface area contributed by atoms with E-state index in [1.165, 1.54) is 42.6 Å². The average molecular weight is 2180 g/mol. The van der Waals surface area contributed by atoms with E-state index in [2.05, 4.69) is 109 Å². The number of pyridine rings is 3. The number of anilines is 1. The fourth-order valence-corrected chi connectivity index (χ4v) is 11.2. The number of esters is 2. The molecule has 1 aliphatic heterocycles. The molecule has 1 saturated heterocycles. The first-order chi connectivity index (χ1) is 60.2. The van der Waals surface area contributed by atoms with E-state index < -0.39 is 175 Å². The zero-order valence-corrected chi connectivity index (χ0v) is 72.3. The van der Waals surface area contributed by atoms with Crippen molar-refractivity contribution in [3.05, 3.63) is 131 Å². The van der Waals surface area contributed by atoms with Crippen LogP contribution in [0.2, 0.25) is 10.3 Å². The number of nitrogens with one attached hydrogen (secondary N) is 1. The van der Waals surface area contributed by atoms with Gasteiger partial charge in [-0.1, -0.05) is 38.1 Å². The third-order valence-electron chi connectivity index (χ3n) is 18.1. The molecule has 0 bridgehead atoms. The van der Waals surface area contributed by atoms with Crippen molar-refractivity contribution in [3.8, 4) is 40.2 Å². The van der Waals surface area contributed by atoms with Gasteiger partial charge in [-0.2, -0.15) is 125 Å². The standard InChI is InChI=1S/C17H13F6N5O2.C16H20BF4NO3.C16H10ClF6N5O.C6H4Cl2F4O3.C6H2Cl2F2N4.C4H5ClN4.CF3O2S.2CH4.Ag.O/c1-29-16(19,20)14-26-25-12-4-3-11(27-28(12)14)9-7-10(18)13(24-8-9)30-15(5-2-6-15)17(21,22)23;1-13(2)14(3,4)25-17(24-13)10-8-11(18)12(22-9-10)23-15(6-5-7-15)16(19,20)21;17-15(19,20)13-26-25-11-3-2-10(27-28(11)13)8-6-9(18)12(24-7-8)29-14(4-1-5-14)16(21,22)23;7-5(9,10)1-3(13)15-4(14)2-6(8,11)12;7-3-1-2-4-11-12-5(6(8,9)10)14(4)13-3;5-3-1-2-4(7-6)9-8-3;2-1(3,4)7(5)6;;;;/h3-4,7-8H,2,5-6H2,1H3;8-9H,5-7H2,1-4H3;2-3,6-7H,1,4-5H2;1-2H2;1-2H;1-2H,6H2,(H,7,9);;2*1H4;;/q;;;;;;-1;;;;. The van der Waals surface area contributed by atoms with Crippen molar-refractivity contribution in [1.29, 1.82) is 0 Å². The molecule has 0 atom stereocenters. The second-order valence-corrected chi connectivity index (χ2v) is 31.5. The van der Waals surface area contributed by atoms with E-state index in [0.29, 0.717) is 39.3 Å². The van der Waals surface area contributed by atoms with Crippen molar-refractivity contribution in [3.63, 3.8) is 0 Å². The van der Waals surface area contributed by atoms with Crippen LogP contribution < -0.4 is 30.9 Å². The number of hydrazine groups is 1. The zero-order valence-electron chi connectivity index (χ0n) is 65.4. The number of hydrogen-bond donors (Lipinski definition) is 2. The fourth-order valence-electron chi connectivity index (χ4n) is 10.5. The SMILES string of the molecule is C.C.CC1(C)OB(c2cnc(OC3(C(F)(F)F)CCC3)c(F)c2)OC1(C)C.COC(F)(F)c1nnc2ccc(-c3cnc(OC4(C(F)(F)F)CCC4)c(F)c3)nn12.FC(F)(Cl)c1nnc2ccc(Cl)nn12.Fc1cc(-c2ccc3nnc(C(F)(F)Cl)n3n2)cnc1OC1(C(F)(F)F)CCC1.NNc1ccc(Cl)nn1.O=C(CC(F)(F)Cl)OC(=O)CC(F)(F)Cl.O=[S-](=O)C(F)(F)F.[O]=[Ag]. The molecule has 3 aliphatic carbocycles. The van der Waals surface area contributed by atoms with Crippen LogP contribution in [0, 0.1) is 17.5 Å². The number of alkyl halides is 26. The summed E-state index contributed by atoms with van der Waals surface area (Å²) in [6.45, 7) is 7.38. The second kappa shape index (κ2) is 44.4. The number of carbonyl (C=O) groups is 2. The molecule has 65 heteroatoms. The molecular formula is C68H62AgBCl6F25N19O12S-. The molecule has 3 N–H and O–H groups in total. The number of aromatic nitrogens is 17. The van der Waals surface area contributed by atoms with Gasteiger partial charge in [0.2, 0.25) is 28.5 Å². The zero-order chi connectivity index (χ0) is 98.8. The van der Waals surface area contributed by atoms with Gasteiger partial charge in [0.05, 0.1) is 22.6 Å². The van der Waals surface area contributed by atoms with Crippen LogP contribution in [0.3, 0.4) is 0 Å². The van der Waals surface area contributed by atoms with E-state index in [9.17, 15) is 119 Å². The summed E-state index contributed by atoms with van der Waals surface area (Å²) in [6.07, 6.45) is -18.1. The number of carbonyl (C=O) groups excluding carboxylic acids is 2. The van der Waals surface area contributed by atoms with Crippen LogP contribution in [0.4, 0.5) is 116 Å². The van der Waals surface area contributed by atoms with Crippen LogP contribution in [-0.2, 0) is 88.7 Å². The molecule has 4 aliphatic rings. The summed E-state index contributed by atoms with van der Waals surface area (Å²) in [6, 6.07) is 14.1. The summed E-state index contributed by atoms with van der Waals surface area (Å²) in [5.41, 5.74) is -10.8. The molecule has 739 valence electrons. The van der Waals surface area contributed by atoms with Crippen LogP contribution in [0.15, 0.2) is 85.3 Å². The number of nitrogens with two attached hydrogens (primary N) is 1. The Morgan fingerprint density at radius 2 is 0.820 bits per heavy atom. The molecule has 10 aromatic rings. The van der Waals surface area contributed by atoms with E-state index in [4.69, 9.17) is 87.4 Å². The Bertz CT molecular complexity index is 5670. The topological polar surface area (TPSA) is 382 Å². The van der Waals surface area contributed by atoms with Crippen LogP contribution in [0.25, 0.3) is 39.5 Å². The number of ether oxygens (including phenoxy) is 5. The number of halogens is 31. The Morgan fingerprint density at radius 1 is 0.489 bits per heavy atom. The number of nitrogen functional groups attached to an aromatic ring is 1. The summed E-state index contributed by atoms with van der Waals surface area (Å²) in [5.74, 6) is -6.02. The van der Waals surface area contributed by atoms with Gasteiger partial charge in [0, 0.05) is 53.0 Å². The number of hydrogen-bond acceptors (Lipinski definition) is 29. The first kappa shape index (κ1) is 114. The van der Waals surface area contributed by atoms with Crippen molar-refractivity contribution < 1.29 is 185 Å². The molecule has 0 aromatic carbocycles. The molecule has 133 heavy (non-hydrogen) atoms. The first-order valence-electron chi connectivity index (χ1n) is 35.3. The maximum atomic E-state index is 14.4. The van der Waals surface area contributed by atoms with Gasteiger partial charge in [0.15, 0.2) is 45.4 Å². The molecule has 4 fully saturated rings. The Labute approximate surface area is 774 Å². The molecule has 3 saturated carbocycles. The predicted molar refractivity (Wildman–Crippen MR) is 410 cm³/mol. The quantitative estimate of drug-likeness (QED) is 0.0118. The van der Waals surface area contributed by atoms with Crippen molar-refractivity contribution in [1.82, 2.24) is 84.6 Å². The van der Waals surface area contributed by atoms with Crippen molar-refractivity contribution in [2.45, 2.75) is 193 Å². The van der Waals surface area contributed by atoms with Gasteiger partial charge < -0.3 is 46.8 Å². The van der Waals surface area contributed by atoms with Crippen molar-refractivity contribution >= 4 is 128 Å². The van der Waals surface area contributed by atoms with Crippen LogP contribution in [0.1, 0.15) is 131 Å².